The molecule has 0 amide bonds. The fraction of sp³-hybridized carbons (Fsp3) is 0.333. The fourth-order valence-electron chi connectivity index (χ4n) is 0.241. The van der Waals surface area contributed by atoms with Gasteiger partial charge in [0.15, 0.2) is 0 Å². The standard InChI is InChI=1S/C4H4N.4C2H5.2Ru/c1-2-4-5-3-1;4*1-2;;/h1-3,5H;4*1H2,2H3;;/q5*-1;;+5. The van der Waals surface area contributed by atoms with Gasteiger partial charge < -0.3 is 32.7 Å². The number of nitrogens with one attached hydrogen (secondary N) is 1. The van der Waals surface area contributed by atoms with Crippen LogP contribution in [0.1, 0.15) is 27.7 Å². The summed E-state index contributed by atoms with van der Waals surface area (Å²) in [4.78, 5) is 2.74. The Morgan fingerprint density at radius 2 is 1.20 bits per heavy atom. The Kier molecular flexibility index (Phi) is 209. The number of H-pyrrole nitrogens is 1. The third kappa shape index (κ3) is 74.6. The SMILES string of the molecule is [CH2-]C.[CH2-]C.[CH2-]C.[CH2-]C.[Ru+5].[Ru].[c-]1ccc[nH]1. The zero-order chi connectivity index (χ0) is 11.5. The van der Waals surface area contributed by atoms with Crippen LogP contribution in [0.25, 0.3) is 0 Å². The molecule has 0 unspecified atom stereocenters. The minimum Gasteiger partial charge on any atom is -0.484 e. The molecule has 1 heterocycles. The minimum atomic E-state index is 0. The summed E-state index contributed by atoms with van der Waals surface area (Å²) < 4.78 is 0. The van der Waals surface area contributed by atoms with Crippen LogP contribution in [-0.2, 0) is 39.0 Å². The molecular weight excluding hydrogens is 360 g/mol. The molecule has 0 aliphatic heterocycles. The Hall–Kier alpha value is 0.527. The normalized spacial score (nSPS) is 4.27. The molecule has 1 radical (unpaired) electrons. The van der Waals surface area contributed by atoms with E-state index >= 15 is 0 Å². The quantitative estimate of drug-likeness (QED) is 0.510. The molecule has 0 aliphatic rings. The van der Waals surface area contributed by atoms with Crippen LogP contribution in [0.15, 0.2) is 18.3 Å². The predicted octanol–water partition coefficient (Wildman–Crippen LogP) is 4.17. The van der Waals surface area contributed by atoms with E-state index in [0.717, 1.165) is 0 Å². The average Bonchev–Trinajstić information content (AvgIpc) is 2.87. The van der Waals surface area contributed by atoms with E-state index in [1.165, 1.54) is 0 Å². The van der Waals surface area contributed by atoms with Crippen molar-refractivity contribution in [3.8, 4) is 0 Å². The van der Waals surface area contributed by atoms with Crippen molar-refractivity contribution in [3.05, 3.63) is 52.2 Å². The molecule has 1 aromatic heterocycles. The Morgan fingerprint density at radius 1 is 0.867 bits per heavy atom. The number of aromatic nitrogens is 1. The second-order valence-corrected chi connectivity index (χ2v) is 0.814. The number of aromatic amines is 1. The molecule has 15 heavy (non-hydrogen) atoms. The van der Waals surface area contributed by atoms with Gasteiger partial charge in [-0.25, -0.2) is 0 Å². The molecule has 0 bridgehead atoms. The molecule has 0 atom stereocenters. The Morgan fingerprint density at radius 3 is 1.27 bits per heavy atom. The van der Waals surface area contributed by atoms with E-state index in [9.17, 15) is 0 Å². The van der Waals surface area contributed by atoms with Crippen molar-refractivity contribution in [1.29, 1.82) is 0 Å². The first-order valence-corrected chi connectivity index (χ1v) is 4.32. The van der Waals surface area contributed by atoms with Crippen molar-refractivity contribution in [1.82, 2.24) is 4.98 Å². The maximum Gasteiger partial charge on any atom is 5.00 e. The molecule has 1 nitrogen and oxygen atoms in total. The monoisotopic (exact) mass is 386 g/mol. The van der Waals surface area contributed by atoms with Gasteiger partial charge in [0.05, 0.1) is 0 Å². The van der Waals surface area contributed by atoms with Gasteiger partial charge in [-0.3, -0.25) is 0 Å². The van der Waals surface area contributed by atoms with Crippen LogP contribution >= 0.6 is 0 Å². The topological polar surface area (TPSA) is 15.8 Å². The molecular formula is C12H24NRu2. The molecule has 0 saturated carbocycles. The maximum absolute atomic E-state index is 3.25. The van der Waals surface area contributed by atoms with E-state index in [1.54, 1.807) is 27.7 Å². The summed E-state index contributed by atoms with van der Waals surface area (Å²) >= 11 is 0. The van der Waals surface area contributed by atoms with E-state index in [1.807, 2.05) is 18.3 Å². The number of hydrogen-bond acceptors (Lipinski definition) is 0. The summed E-state index contributed by atoms with van der Waals surface area (Å²) in [5.41, 5.74) is 0. The van der Waals surface area contributed by atoms with E-state index in [4.69, 9.17) is 0 Å². The summed E-state index contributed by atoms with van der Waals surface area (Å²) in [5, 5.41) is 0. The van der Waals surface area contributed by atoms with Gasteiger partial charge in [0.2, 0.25) is 0 Å². The van der Waals surface area contributed by atoms with Crippen molar-refractivity contribution in [2.75, 3.05) is 0 Å². The van der Waals surface area contributed by atoms with Gasteiger partial charge in [0.1, 0.15) is 0 Å². The molecule has 93 valence electrons. The fourth-order valence-corrected chi connectivity index (χ4v) is 0.241. The van der Waals surface area contributed by atoms with Crippen LogP contribution in [0.3, 0.4) is 0 Å². The van der Waals surface area contributed by atoms with E-state index in [2.05, 4.69) is 38.9 Å². The summed E-state index contributed by atoms with van der Waals surface area (Å²) in [7, 11) is 0. The van der Waals surface area contributed by atoms with Crippen LogP contribution in [-0.4, -0.2) is 4.98 Å². The number of hydrogen-bond donors (Lipinski definition) is 1. The molecule has 1 rings (SSSR count). The summed E-state index contributed by atoms with van der Waals surface area (Å²) in [5.74, 6) is 0. The Bertz CT molecular complexity index is 70.1. The Balaban J connectivity index is -0.0000000182. The first kappa shape index (κ1) is 36.1. The minimum absolute atomic E-state index is 0. The van der Waals surface area contributed by atoms with E-state index < -0.39 is 0 Å². The van der Waals surface area contributed by atoms with Crippen LogP contribution in [0.4, 0.5) is 0 Å². The van der Waals surface area contributed by atoms with Gasteiger partial charge in [-0.2, -0.15) is 46.0 Å². The van der Waals surface area contributed by atoms with Crippen molar-refractivity contribution in [3.63, 3.8) is 0 Å². The molecule has 0 spiro atoms. The van der Waals surface area contributed by atoms with Gasteiger partial charge >= 0.3 is 19.5 Å². The largest absolute Gasteiger partial charge is 5.00 e. The van der Waals surface area contributed by atoms with E-state index in [0.29, 0.717) is 0 Å². The van der Waals surface area contributed by atoms with Crippen LogP contribution < -0.4 is 0 Å². The molecule has 1 N–H and O–H groups in total. The van der Waals surface area contributed by atoms with Gasteiger partial charge in [-0.05, 0) is 0 Å². The van der Waals surface area contributed by atoms with Gasteiger partial charge in [0.25, 0.3) is 0 Å². The molecule has 0 aromatic carbocycles. The first-order chi connectivity index (χ1) is 6.50. The summed E-state index contributed by atoms with van der Waals surface area (Å²) in [6, 6.07) is 3.71. The van der Waals surface area contributed by atoms with Gasteiger partial charge in [0, 0.05) is 19.5 Å². The molecule has 0 saturated heterocycles. The van der Waals surface area contributed by atoms with Crippen molar-refractivity contribution in [2.24, 2.45) is 0 Å². The van der Waals surface area contributed by atoms with Crippen molar-refractivity contribution >= 4 is 0 Å². The van der Waals surface area contributed by atoms with Crippen molar-refractivity contribution in [2.45, 2.75) is 27.7 Å². The second-order valence-electron chi connectivity index (χ2n) is 0.814. The predicted molar refractivity (Wildman–Crippen MR) is 63.8 cm³/mol. The van der Waals surface area contributed by atoms with E-state index in [-0.39, 0.29) is 39.0 Å². The van der Waals surface area contributed by atoms with Crippen LogP contribution in [0.5, 0.6) is 0 Å². The zero-order valence-electron chi connectivity index (χ0n) is 10.3. The van der Waals surface area contributed by atoms with Crippen molar-refractivity contribution < 1.29 is 39.0 Å². The smallest absolute Gasteiger partial charge is 0.484 e. The maximum atomic E-state index is 3.25. The third-order valence-electron chi connectivity index (χ3n) is 0.442. The molecule has 0 fully saturated rings. The molecule has 0 aliphatic carbocycles. The zero-order valence-corrected chi connectivity index (χ0v) is 13.7. The summed E-state index contributed by atoms with van der Waals surface area (Å²) in [6.45, 7) is 20.0. The summed E-state index contributed by atoms with van der Waals surface area (Å²) in [6.07, 6.45) is 4.56. The van der Waals surface area contributed by atoms with Gasteiger partial charge in [-0.15, -0.1) is 6.20 Å². The molecule has 1 aromatic rings. The molecule has 3 heteroatoms. The van der Waals surface area contributed by atoms with Crippen LogP contribution in [0.2, 0.25) is 0 Å². The number of rotatable bonds is 0. The Labute approximate surface area is 123 Å². The average molecular weight is 384 g/mol. The second kappa shape index (κ2) is 87.0. The third-order valence-corrected chi connectivity index (χ3v) is 0.442. The van der Waals surface area contributed by atoms with Gasteiger partial charge in [-0.1, -0.05) is 0 Å². The first-order valence-electron chi connectivity index (χ1n) is 4.32. The van der Waals surface area contributed by atoms with Crippen LogP contribution in [0, 0.1) is 33.9 Å².